The average Bonchev–Trinajstić information content (AvgIpc) is 2.25. The predicted octanol–water partition coefficient (Wildman–Crippen LogP) is 3.51. The zero-order valence-corrected chi connectivity index (χ0v) is 9.54. The van der Waals surface area contributed by atoms with Crippen LogP contribution < -0.4 is 5.73 Å². The van der Waals surface area contributed by atoms with Crippen LogP contribution in [0.1, 0.15) is 64.7 Å². The maximum absolute atomic E-state index is 6.00. The van der Waals surface area contributed by atoms with Crippen LogP contribution in [-0.2, 0) is 0 Å². The van der Waals surface area contributed by atoms with Gasteiger partial charge in [0.15, 0.2) is 0 Å². The first-order chi connectivity index (χ1) is 6.91. The van der Waals surface area contributed by atoms with E-state index in [1.54, 1.807) is 0 Å². The molecular weight excluding hydrogens is 174 g/mol. The minimum absolute atomic E-state index is 0.871. The Morgan fingerprint density at radius 2 is 1.07 bits per heavy atom. The molecular formula is C11H25N3. The lowest BCUT2D eigenvalue weighted by molar-refractivity contribution is 0.567. The summed E-state index contributed by atoms with van der Waals surface area (Å²) in [5.41, 5.74) is 5.41. The van der Waals surface area contributed by atoms with Crippen LogP contribution >= 0.6 is 0 Å². The molecule has 0 aromatic carbocycles. The predicted molar refractivity (Wildman–Crippen MR) is 59.7 cm³/mol. The fraction of sp³-hybridized carbons (Fsp3) is 1.00. The van der Waals surface area contributed by atoms with E-state index < -0.39 is 0 Å². The van der Waals surface area contributed by atoms with E-state index in [0.29, 0.717) is 0 Å². The van der Waals surface area contributed by atoms with E-state index in [1.165, 1.54) is 57.8 Å². The molecule has 14 heavy (non-hydrogen) atoms. The van der Waals surface area contributed by atoms with Crippen molar-refractivity contribution in [2.45, 2.75) is 64.7 Å². The zero-order chi connectivity index (χ0) is 11.1. The Bertz CT molecular complexity index is 92.0. The van der Waals surface area contributed by atoms with Gasteiger partial charge in [0, 0.05) is 10.8 Å². The van der Waals surface area contributed by atoms with Crippen LogP contribution in [0.2, 0.25) is 0 Å². The van der Waals surface area contributed by atoms with E-state index >= 15 is 0 Å². The quantitative estimate of drug-likeness (QED) is 0.456. The molecule has 2 N–H and O–H groups in total. The Morgan fingerprint density at radius 3 is 1.43 bits per heavy atom. The van der Waals surface area contributed by atoms with Gasteiger partial charge in [0.05, 0.1) is 0 Å². The van der Waals surface area contributed by atoms with E-state index in [-0.39, 0.29) is 0 Å². The first kappa shape index (κ1) is 15.8. The highest BCUT2D eigenvalue weighted by Crippen LogP contribution is 2.08. The van der Waals surface area contributed by atoms with Gasteiger partial charge in [-0.3, -0.25) is 0 Å². The summed E-state index contributed by atoms with van der Waals surface area (Å²) in [6.07, 6.45) is 12.5. The van der Waals surface area contributed by atoms with Crippen LogP contribution in [0.3, 0.4) is 0 Å². The molecule has 0 saturated carbocycles. The maximum Gasteiger partial charge on any atom is 0 e. The summed E-state index contributed by atoms with van der Waals surface area (Å²) in [5.74, 6) is 0. The van der Waals surface area contributed by atoms with Gasteiger partial charge in [-0.05, 0) is 13.0 Å². The summed E-state index contributed by atoms with van der Waals surface area (Å²) < 4.78 is 0. The van der Waals surface area contributed by atoms with Crippen molar-refractivity contribution < 1.29 is 0 Å². The van der Waals surface area contributed by atoms with Crippen LogP contribution in [-0.4, -0.2) is 6.54 Å². The molecule has 0 radical (unpaired) electrons. The number of nitrogens with zero attached hydrogens (tertiary/aromatic N) is 2. The van der Waals surface area contributed by atoms with Crippen LogP contribution in [0, 0.1) is 10.8 Å². The standard InChI is InChI=1S/C11H25N.N2/c1-2-3-4-5-6-7-8-9-10-11-12;1-2/h2-12H2,1H3;. The Labute approximate surface area is 88.5 Å². The molecule has 0 unspecified atom stereocenters. The number of rotatable bonds is 9. The molecule has 3 nitrogen and oxygen atoms in total. The molecule has 0 saturated heterocycles. The summed E-state index contributed by atoms with van der Waals surface area (Å²) in [4.78, 5) is 0. The molecule has 0 aliphatic heterocycles. The van der Waals surface area contributed by atoms with E-state index in [2.05, 4.69) is 6.92 Å². The lowest BCUT2D eigenvalue weighted by Gasteiger charge is -1.99. The largest absolute Gasteiger partial charge is 0.330 e. The summed E-state index contributed by atoms with van der Waals surface area (Å²) in [6.45, 7) is 3.14. The molecule has 0 aliphatic rings. The van der Waals surface area contributed by atoms with Crippen molar-refractivity contribution in [3.63, 3.8) is 0 Å². The molecule has 0 aromatic rings. The second kappa shape index (κ2) is 18.2. The van der Waals surface area contributed by atoms with Crippen LogP contribution in [0.15, 0.2) is 0 Å². The van der Waals surface area contributed by atoms with Crippen molar-refractivity contribution in [2.75, 3.05) is 6.54 Å². The highest BCUT2D eigenvalue weighted by molar-refractivity contribution is 4.46. The summed E-state index contributed by atoms with van der Waals surface area (Å²) in [6, 6.07) is 0. The maximum atomic E-state index is 6.00. The third-order valence-corrected chi connectivity index (χ3v) is 2.31. The lowest BCUT2D eigenvalue weighted by Crippen LogP contribution is -1.97. The summed E-state index contributed by atoms with van der Waals surface area (Å²) >= 11 is 0. The van der Waals surface area contributed by atoms with Crippen LogP contribution in [0.25, 0.3) is 0 Å². The summed E-state index contributed by atoms with van der Waals surface area (Å²) in [5, 5.41) is 12.0. The Hall–Kier alpha value is -0.620. The van der Waals surface area contributed by atoms with Gasteiger partial charge in [-0.15, -0.1) is 0 Å². The molecule has 0 spiro atoms. The Balaban J connectivity index is 0. The highest BCUT2D eigenvalue weighted by Gasteiger charge is 1.90. The molecule has 0 fully saturated rings. The Kier molecular flexibility index (Phi) is 20.6. The number of unbranched alkanes of at least 4 members (excludes halogenated alkanes) is 8. The highest BCUT2D eigenvalue weighted by atomic mass is 14.6. The van der Waals surface area contributed by atoms with Gasteiger partial charge >= 0.3 is 0 Å². The van der Waals surface area contributed by atoms with E-state index in [4.69, 9.17) is 16.5 Å². The van der Waals surface area contributed by atoms with Gasteiger partial charge in [-0.25, -0.2) is 0 Å². The monoisotopic (exact) mass is 199 g/mol. The molecule has 0 aromatic heterocycles. The number of hydrogen-bond donors (Lipinski definition) is 1. The minimum Gasteiger partial charge on any atom is -0.330 e. The van der Waals surface area contributed by atoms with Crippen LogP contribution in [0.5, 0.6) is 0 Å². The zero-order valence-electron chi connectivity index (χ0n) is 9.54. The van der Waals surface area contributed by atoms with Crippen molar-refractivity contribution in [3.8, 4) is 0 Å². The first-order valence-electron chi connectivity index (χ1n) is 5.82. The molecule has 0 rings (SSSR count). The van der Waals surface area contributed by atoms with Gasteiger partial charge in [0.2, 0.25) is 0 Å². The van der Waals surface area contributed by atoms with Gasteiger partial charge in [0.25, 0.3) is 0 Å². The van der Waals surface area contributed by atoms with E-state index in [9.17, 15) is 0 Å². The molecule has 84 valence electrons. The fourth-order valence-electron chi connectivity index (χ4n) is 1.45. The van der Waals surface area contributed by atoms with Gasteiger partial charge in [0.1, 0.15) is 0 Å². The SMILES string of the molecule is CCCCCCCCCCCN.N#N. The smallest absolute Gasteiger partial charge is 0 e. The third-order valence-electron chi connectivity index (χ3n) is 2.31. The van der Waals surface area contributed by atoms with Crippen molar-refractivity contribution >= 4 is 0 Å². The molecule has 0 bridgehead atoms. The molecule has 0 heterocycles. The minimum atomic E-state index is 0.871. The van der Waals surface area contributed by atoms with Crippen molar-refractivity contribution in [1.29, 1.82) is 10.8 Å². The van der Waals surface area contributed by atoms with Gasteiger partial charge in [-0.2, -0.15) is 0 Å². The second-order valence-electron chi connectivity index (χ2n) is 3.62. The molecule has 3 heteroatoms. The molecule has 0 atom stereocenters. The van der Waals surface area contributed by atoms with Crippen molar-refractivity contribution in [3.05, 3.63) is 0 Å². The Morgan fingerprint density at radius 1 is 0.714 bits per heavy atom. The molecule has 0 aliphatic carbocycles. The van der Waals surface area contributed by atoms with E-state index in [1.807, 2.05) is 0 Å². The third kappa shape index (κ3) is 17.5. The number of hydrogen-bond acceptors (Lipinski definition) is 3. The van der Waals surface area contributed by atoms with Crippen molar-refractivity contribution in [2.24, 2.45) is 5.73 Å². The second-order valence-corrected chi connectivity index (χ2v) is 3.62. The van der Waals surface area contributed by atoms with E-state index in [0.717, 1.165) is 6.54 Å². The van der Waals surface area contributed by atoms with Crippen LogP contribution in [0.4, 0.5) is 0 Å². The topological polar surface area (TPSA) is 73.6 Å². The lowest BCUT2D eigenvalue weighted by atomic mass is 10.1. The summed E-state index contributed by atoms with van der Waals surface area (Å²) in [7, 11) is 0. The molecule has 0 amide bonds. The van der Waals surface area contributed by atoms with Gasteiger partial charge in [-0.1, -0.05) is 58.3 Å². The normalized spacial score (nSPS) is 9.14. The average molecular weight is 199 g/mol. The van der Waals surface area contributed by atoms with Gasteiger partial charge < -0.3 is 5.73 Å². The first-order valence-corrected chi connectivity index (χ1v) is 5.82. The number of nitrogens with two attached hydrogens (primary N) is 1. The van der Waals surface area contributed by atoms with Crippen molar-refractivity contribution in [1.82, 2.24) is 0 Å². The fourth-order valence-corrected chi connectivity index (χ4v) is 1.45.